The largest absolute Gasteiger partial charge is 0.756 e. The number of phosphoric ester groups is 1. The number of rotatable bonds is 63. The van der Waals surface area contributed by atoms with Gasteiger partial charge >= 0.3 is 5.97 Å². The summed E-state index contributed by atoms with van der Waals surface area (Å²) in [5.41, 5.74) is 0. The predicted molar refractivity (Wildman–Crippen MR) is 358 cm³/mol. The molecule has 0 saturated carbocycles. The third kappa shape index (κ3) is 63.5. The molecule has 0 fully saturated rings. The fraction of sp³-hybridized carbons (Fsp3) is 0.781. The van der Waals surface area contributed by atoms with Gasteiger partial charge in [0.25, 0.3) is 7.82 Å². The first-order chi connectivity index (χ1) is 40.4. The van der Waals surface area contributed by atoms with Crippen molar-refractivity contribution in [3.8, 4) is 0 Å². The Morgan fingerprint density at radius 3 is 1.12 bits per heavy atom. The number of phosphoric acid groups is 1. The number of carbonyl (C=O) groups excluding carboxylic acids is 2. The highest BCUT2D eigenvalue weighted by Crippen LogP contribution is 2.38. The number of amides is 1. The maximum Gasteiger partial charge on any atom is 0.306 e. The van der Waals surface area contributed by atoms with Crippen LogP contribution in [0.1, 0.15) is 316 Å². The van der Waals surface area contributed by atoms with E-state index in [-0.39, 0.29) is 24.9 Å². The molecule has 3 atom stereocenters. The van der Waals surface area contributed by atoms with Crippen molar-refractivity contribution in [3.63, 3.8) is 0 Å². The van der Waals surface area contributed by atoms with Gasteiger partial charge in [-0.25, -0.2) is 0 Å². The van der Waals surface area contributed by atoms with Gasteiger partial charge in [0.05, 0.1) is 33.8 Å². The second-order valence-corrected chi connectivity index (χ2v) is 26.1. The summed E-state index contributed by atoms with van der Waals surface area (Å²) >= 11 is 0. The standard InChI is InChI=1S/C73H133N2O7P/c1-7-10-13-16-19-22-25-28-30-32-34-35-36-37-38-39-41-43-45-48-51-54-57-60-63-66-73(77)82-71(64-61-58-55-52-49-46-27-24-21-18-15-12-9-3)70(69-81-83(78,79)80-68-67-75(4,5)6)74-72(76)65-62-59-56-53-50-47-44-42-40-33-31-29-26-23-20-17-14-11-8-2/h19-20,22-23,28-31,34-35,40,42,61,64,70-71H,7-18,21,24-27,32-33,36-39,41,43-60,62-63,65-69H2,1-6H3,(H-,74,76,78,79)/b22-19-,23-20-,30-28-,31-29-,35-34-,42-40-,64-61-. The molecule has 0 aromatic heterocycles. The molecule has 9 nitrogen and oxygen atoms in total. The van der Waals surface area contributed by atoms with Crippen molar-refractivity contribution >= 4 is 19.7 Å². The van der Waals surface area contributed by atoms with Crippen LogP contribution in [0.3, 0.4) is 0 Å². The lowest BCUT2D eigenvalue weighted by atomic mass is 10.0. The number of quaternary nitrogens is 1. The maximum absolute atomic E-state index is 13.6. The van der Waals surface area contributed by atoms with Gasteiger partial charge in [-0.15, -0.1) is 0 Å². The summed E-state index contributed by atoms with van der Waals surface area (Å²) in [6.07, 6.45) is 82.6. The second-order valence-electron chi connectivity index (χ2n) is 24.7. The Labute approximate surface area is 514 Å². The summed E-state index contributed by atoms with van der Waals surface area (Å²) in [4.78, 5) is 40.2. The van der Waals surface area contributed by atoms with Crippen LogP contribution in [0.5, 0.6) is 0 Å². The molecule has 10 heteroatoms. The topological polar surface area (TPSA) is 114 Å². The first-order valence-electron chi connectivity index (χ1n) is 34.9. The number of nitrogens with one attached hydrogen (secondary N) is 1. The molecule has 3 unspecified atom stereocenters. The van der Waals surface area contributed by atoms with Crippen LogP contribution < -0.4 is 10.2 Å². The Bertz CT molecular complexity index is 1700. The zero-order valence-electron chi connectivity index (χ0n) is 55.1. The third-order valence-electron chi connectivity index (χ3n) is 15.3. The first-order valence-corrected chi connectivity index (χ1v) is 36.4. The number of carbonyl (C=O) groups is 2. The van der Waals surface area contributed by atoms with Crippen LogP contribution >= 0.6 is 7.82 Å². The lowest BCUT2D eigenvalue weighted by Crippen LogP contribution is -2.47. The summed E-state index contributed by atoms with van der Waals surface area (Å²) in [6, 6.07) is -0.901. The molecule has 0 aliphatic heterocycles. The van der Waals surface area contributed by atoms with Crippen molar-refractivity contribution in [2.45, 2.75) is 328 Å². The molecule has 0 spiro atoms. The number of unbranched alkanes of at least 4 members (excludes halogenated alkanes) is 35. The van der Waals surface area contributed by atoms with Crippen molar-refractivity contribution in [3.05, 3.63) is 85.1 Å². The Kier molecular flexibility index (Phi) is 60.1. The van der Waals surface area contributed by atoms with Gasteiger partial charge in [0.2, 0.25) is 5.91 Å². The zero-order chi connectivity index (χ0) is 60.7. The van der Waals surface area contributed by atoms with Crippen molar-refractivity contribution in [1.29, 1.82) is 0 Å². The molecule has 0 aromatic rings. The van der Waals surface area contributed by atoms with Gasteiger partial charge in [-0.05, 0) is 109 Å². The quantitative estimate of drug-likeness (QED) is 0.0212. The highest BCUT2D eigenvalue weighted by molar-refractivity contribution is 7.45. The van der Waals surface area contributed by atoms with Crippen LogP contribution in [0.25, 0.3) is 0 Å². The van der Waals surface area contributed by atoms with Gasteiger partial charge in [0.15, 0.2) is 0 Å². The maximum atomic E-state index is 13.6. The SMILES string of the molecule is CCCCC/C=C\C/C=C\C/C=C\CCCCCCCCCCCCCCC(=O)OC(/C=C\CCCCCCCCCCCCC)C(COP(=O)([O-])OCC[N+](C)(C)C)NC(=O)CCCCCCCC/C=C\C/C=C\C/C=C\CCCCC. The molecule has 0 aliphatic rings. The van der Waals surface area contributed by atoms with E-state index < -0.39 is 26.6 Å². The highest BCUT2D eigenvalue weighted by atomic mass is 31.2. The number of likely N-dealkylation sites (N-methyl/N-ethyl adjacent to an activating group) is 1. The summed E-state index contributed by atoms with van der Waals surface area (Å²) in [5, 5.41) is 3.03. The fourth-order valence-corrected chi connectivity index (χ4v) is 10.6. The predicted octanol–water partition coefficient (Wildman–Crippen LogP) is 21.5. The van der Waals surface area contributed by atoms with Gasteiger partial charge in [0, 0.05) is 12.8 Å². The van der Waals surface area contributed by atoms with Crippen LogP contribution in [0.2, 0.25) is 0 Å². The molecule has 482 valence electrons. The van der Waals surface area contributed by atoms with Crippen LogP contribution in [0.4, 0.5) is 0 Å². The van der Waals surface area contributed by atoms with Crippen molar-refractivity contribution < 1.29 is 37.3 Å². The average Bonchev–Trinajstić information content (AvgIpc) is 3.46. The number of nitrogens with zero attached hydrogens (tertiary/aromatic N) is 1. The van der Waals surface area contributed by atoms with E-state index in [0.717, 1.165) is 109 Å². The van der Waals surface area contributed by atoms with Crippen LogP contribution in [0, 0.1) is 0 Å². The van der Waals surface area contributed by atoms with Gasteiger partial charge in [-0.1, -0.05) is 280 Å². The Morgan fingerprint density at radius 1 is 0.422 bits per heavy atom. The van der Waals surface area contributed by atoms with E-state index >= 15 is 0 Å². The van der Waals surface area contributed by atoms with E-state index in [4.69, 9.17) is 13.8 Å². The molecule has 0 aromatic carbocycles. The Hall–Kier alpha value is -2.81. The van der Waals surface area contributed by atoms with E-state index in [9.17, 15) is 19.0 Å². The number of ether oxygens (including phenoxy) is 1. The smallest absolute Gasteiger partial charge is 0.306 e. The fourth-order valence-electron chi connectivity index (χ4n) is 9.89. The zero-order valence-corrected chi connectivity index (χ0v) is 56.0. The Balaban J connectivity index is 5.15. The molecular formula is C73H133N2O7P. The van der Waals surface area contributed by atoms with E-state index in [0.29, 0.717) is 17.4 Å². The van der Waals surface area contributed by atoms with Gasteiger partial charge in [-0.3, -0.25) is 14.2 Å². The highest BCUT2D eigenvalue weighted by Gasteiger charge is 2.27. The molecule has 0 saturated heterocycles. The van der Waals surface area contributed by atoms with Crippen LogP contribution in [0.15, 0.2) is 85.1 Å². The minimum Gasteiger partial charge on any atom is -0.756 e. The molecule has 1 N–H and O–H groups in total. The van der Waals surface area contributed by atoms with Gasteiger partial charge < -0.3 is 28.5 Å². The van der Waals surface area contributed by atoms with Gasteiger partial charge in [-0.2, -0.15) is 0 Å². The minimum atomic E-state index is -4.71. The molecule has 0 aliphatic carbocycles. The van der Waals surface area contributed by atoms with Crippen LogP contribution in [-0.4, -0.2) is 69.4 Å². The third-order valence-corrected chi connectivity index (χ3v) is 16.3. The van der Waals surface area contributed by atoms with Crippen molar-refractivity contribution in [1.82, 2.24) is 5.32 Å². The summed E-state index contributed by atoms with van der Waals surface area (Å²) < 4.78 is 30.4. The summed E-state index contributed by atoms with van der Waals surface area (Å²) in [7, 11) is 1.17. The lowest BCUT2D eigenvalue weighted by Gasteiger charge is -2.30. The number of esters is 1. The first kappa shape index (κ1) is 80.2. The van der Waals surface area contributed by atoms with Crippen molar-refractivity contribution in [2.24, 2.45) is 0 Å². The minimum absolute atomic E-state index is 0.0278. The molecule has 1 amide bonds. The number of hydrogen-bond acceptors (Lipinski definition) is 7. The van der Waals surface area contributed by atoms with E-state index in [2.05, 4.69) is 99.0 Å². The molecule has 0 heterocycles. The molecule has 0 bridgehead atoms. The van der Waals surface area contributed by atoms with Crippen molar-refractivity contribution in [2.75, 3.05) is 40.9 Å². The summed E-state index contributed by atoms with van der Waals surface area (Å²) in [6.45, 7) is 6.80. The second kappa shape index (κ2) is 62.2. The normalized spacial score (nSPS) is 14.1. The number of allylic oxidation sites excluding steroid dienone is 13. The Morgan fingerprint density at radius 2 is 0.735 bits per heavy atom. The number of hydrogen-bond donors (Lipinski definition) is 1. The van der Waals surface area contributed by atoms with E-state index in [1.807, 2.05) is 33.3 Å². The monoisotopic (exact) mass is 1180 g/mol. The van der Waals surface area contributed by atoms with Crippen LogP contribution in [-0.2, 0) is 27.9 Å². The van der Waals surface area contributed by atoms with Gasteiger partial charge in [0.1, 0.15) is 19.3 Å². The molecular weight excluding hydrogens is 1050 g/mol. The lowest BCUT2D eigenvalue weighted by molar-refractivity contribution is -0.870. The summed E-state index contributed by atoms with van der Waals surface area (Å²) in [5.74, 6) is -0.552. The molecule has 83 heavy (non-hydrogen) atoms. The molecule has 0 rings (SSSR count). The van der Waals surface area contributed by atoms with E-state index in [1.54, 1.807) is 0 Å². The molecule has 0 radical (unpaired) electrons. The average molecular weight is 1180 g/mol. The van der Waals surface area contributed by atoms with E-state index in [1.165, 1.54) is 173 Å².